The molecule has 1 aliphatic rings. The van der Waals surface area contributed by atoms with E-state index in [2.05, 4.69) is 0 Å². The summed E-state index contributed by atoms with van der Waals surface area (Å²) in [4.78, 5) is 10.4. The molecule has 0 bridgehead atoms. The lowest BCUT2D eigenvalue weighted by Gasteiger charge is -2.18. The van der Waals surface area contributed by atoms with Crippen molar-refractivity contribution >= 4 is 16.0 Å². The topological polar surface area (TPSA) is 74.7 Å². The largest absolute Gasteiger partial charge is 0.481 e. The van der Waals surface area contributed by atoms with Gasteiger partial charge < -0.3 is 5.11 Å². The minimum Gasteiger partial charge on any atom is -0.481 e. The summed E-state index contributed by atoms with van der Waals surface area (Å²) >= 11 is 0. The van der Waals surface area contributed by atoms with Crippen LogP contribution in [0.2, 0.25) is 0 Å². The van der Waals surface area contributed by atoms with Crippen molar-refractivity contribution in [3.8, 4) is 0 Å². The maximum Gasteiger partial charge on any atom is 0.303 e. The Morgan fingerprint density at radius 1 is 1.60 bits per heavy atom. The van der Waals surface area contributed by atoms with Gasteiger partial charge in [0.25, 0.3) is 0 Å². The first-order valence-electron chi connectivity index (χ1n) is 5.01. The van der Waals surface area contributed by atoms with Crippen LogP contribution in [0.15, 0.2) is 0 Å². The smallest absolute Gasteiger partial charge is 0.303 e. The molecule has 0 aliphatic carbocycles. The van der Waals surface area contributed by atoms with Gasteiger partial charge in [0.05, 0.1) is 5.75 Å². The minimum absolute atomic E-state index is 0.0143. The maximum atomic E-state index is 11.6. The SMILES string of the molecule is CC(CC(=O)O)CN1CC(C)CS1(=O)=O. The molecule has 1 heterocycles. The Hall–Kier alpha value is -0.620. The van der Waals surface area contributed by atoms with Gasteiger partial charge in [-0.25, -0.2) is 12.7 Å². The quantitative estimate of drug-likeness (QED) is 0.764. The fraction of sp³-hybridized carbons (Fsp3) is 0.889. The third-order valence-electron chi connectivity index (χ3n) is 2.44. The van der Waals surface area contributed by atoms with Gasteiger partial charge in [-0.3, -0.25) is 4.79 Å². The molecule has 5 nitrogen and oxygen atoms in total. The van der Waals surface area contributed by atoms with E-state index in [0.29, 0.717) is 13.1 Å². The number of carbonyl (C=O) groups is 1. The predicted octanol–water partition coefficient (Wildman–Crippen LogP) is 0.379. The summed E-state index contributed by atoms with van der Waals surface area (Å²) in [6.45, 7) is 4.48. The number of aliphatic carboxylic acids is 1. The van der Waals surface area contributed by atoms with Gasteiger partial charge in [-0.2, -0.15) is 0 Å². The molecule has 0 saturated carbocycles. The van der Waals surface area contributed by atoms with Crippen molar-refractivity contribution in [3.05, 3.63) is 0 Å². The van der Waals surface area contributed by atoms with Gasteiger partial charge in [-0.15, -0.1) is 0 Å². The Bertz CT molecular complexity index is 338. The molecule has 0 aromatic heterocycles. The Morgan fingerprint density at radius 3 is 2.60 bits per heavy atom. The van der Waals surface area contributed by atoms with Gasteiger partial charge >= 0.3 is 5.97 Å². The molecule has 0 radical (unpaired) electrons. The summed E-state index contributed by atoms with van der Waals surface area (Å²) in [7, 11) is -3.13. The molecule has 2 atom stereocenters. The van der Waals surface area contributed by atoms with Crippen LogP contribution in [0.3, 0.4) is 0 Å². The van der Waals surface area contributed by atoms with Crippen LogP contribution in [0.4, 0.5) is 0 Å². The summed E-state index contributed by atoms with van der Waals surface area (Å²) in [5, 5.41) is 8.57. The summed E-state index contributed by atoms with van der Waals surface area (Å²) in [5.41, 5.74) is 0. The van der Waals surface area contributed by atoms with Gasteiger partial charge in [0.15, 0.2) is 0 Å². The van der Waals surface area contributed by atoms with Crippen molar-refractivity contribution in [2.45, 2.75) is 20.3 Å². The highest BCUT2D eigenvalue weighted by Crippen LogP contribution is 2.20. The van der Waals surface area contributed by atoms with Gasteiger partial charge in [0.2, 0.25) is 10.0 Å². The van der Waals surface area contributed by atoms with E-state index in [1.165, 1.54) is 4.31 Å². The molecule has 0 aromatic rings. The highest BCUT2D eigenvalue weighted by molar-refractivity contribution is 7.89. The lowest BCUT2D eigenvalue weighted by atomic mass is 10.1. The van der Waals surface area contributed by atoms with E-state index in [-0.39, 0.29) is 24.0 Å². The molecule has 0 spiro atoms. The molecule has 1 fully saturated rings. The van der Waals surface area contributed by atoms with Crippen LogP contribution in [0, 0.1) is 11.8 Å². The summed E-state index contributed by atoms with van der Waals surface area (Å²) in [5.74, 6) is -0.686. The molecule has 1 N–H and O–H groups in total. The number of sulfonamides is 1. The van der Waals surface area contributed by atoms with E-state index in [0.717, 1.165) is 0 Å². The zero-order valence-corrected chi connectivity index (χ0v) is 9.83. The maximum absolute atomic E-state index is 11.6. The first-order chi connectivity index (χ1) is 6.81. The standard InChI is InChI=1S/C9H17NO4S/c1-7(3-9(11)12)4-10-5-8(2)6-15(10,13)14/h7-8H,3-6H2,1-2H3,(H,11,12). The first-order valence-corrected chi connectivity index (χ1v) is 6.62. The molecule has 15 heavy (non-hydrogen) atoms. The highest BCUT2D eigenvalue weighted by Gasteiger charge is 2.34. The van der Waals surface area contributed by atoms with Crippen molar-refractivity contribution in [1.29, 1.82) is 0 Å². The van der Waals surface area contributed by atoms with E-state index >= 15 is 0 Å². The van der Waals surface area contributed by atoms with E-state index < -0.39 is 16.0 Å². The zero-order chi connectivity index (χ0) is 11.6. The molecular formula is C9H17NO4S. The third-order valence-corrected chi connectivity index (χ3v) is 4.52. The number of nitrogens with zero attached hydrogens (tertiary/aromatic N) is 1. The van der Waals surface area contributed by atoms with Crippen LogP contribution in [-0.2, 0) is 14.8 Å². The average molecular weight is 235 g/mol. The Labute approximate surface area is 90.1 Å². The summed E-state index contributed by atoms with van der Waals surface area (Å²) in [6.07, 6.45) is 0.0143. The Balaban J connectivity index is 2.55. The molecule has 0 aromatic carbocycles. The van der Waals surface area contributed by atoms with Crippen molar-refractivity contribution in [1.82, 2.24) is 4.31 Å². The summed E-state index contributed by atoms with van der Waals surface area (Å²) in [6, 6.07) is 0. The van der Waals surface area contributed by atoms with Crippen molar-refractivity contribution in [3.63, 3.8) is 0 Å². The van der Waals surface area contributed by atoms with Crippen LogP contribution >= 0.6 is 0 Å². The number of carboxylic acids is 1. The minimum atomic E-state index is -3.13. The fourth-order valence-corrected chi connectivity index (χ4v) is 3.88. The van der Waals surface area contributed by atoms with Gasteiger partial charge in [0.1, 0.15) is 0 Å². The number of hydrogen-bond acceptors (Lipinski definition) is 3. The van der Waals surface area contributed by atoms with Crippen LogP contribution in [0.25, 0.3) is 0 Å². The second kappa shape index (κ2) is 4.49. The van der Waals surface area contributed by atoms with E-state index in [4.69, 9.17) is 5.11 Å². The molecule has 1 aliphatic heterocycles. The fourth-order valence-electron chi connectivity index (χ4n) is 1.88. The van der Waals surface area contributed by atoms with Crippen molar-refractivity contribution in [2.24, 2.45) is 11.8 Å². The number of hydrogen-bond donors (Lipinski definition) is 1. The van der Waals surface area contributed by atoms with Crippen LogP contribution in [0.1, 0.15) is 20.3 Å². The molecule has 6 heteroatoms. The Kier molecular flexibility index (Phi) is 3.72. The van der Waals surface area contributed by atoms with Gasteiger partial charge in [-0.05, 0) is 11.8 Å². The molecule has 0 amide bonds. The average Bonchev–Trinajstić information content (AvgIpc) is 2.22. The first kappa shape index (κ1) is 12.4. The molecule has 1 saturated heterocycles. The monoisotopic (exact) mass is 235 g/mol. The van der Waals surface area contributed by atoms with Crippen molar-refractivity contribution < 1.29 is 18.3 Å². The Morgan fingerprint density at radius 2 is 2.20 bits per heavy atom. The molecular weight excluding hydrogens is 218 g/mol. The van der Waals surface area contributed by atoms with E-state index in [9.17, 15) is 13.2 Å². The molecule has 2 unspecified atom stereocenters. The van der Waals surface area contributed by atoms with Crippen LogP contribution in [0.5, 0.6) is 0 Å². The zero-order valence-electron chi connectivity index (χ0n) is 9.01. The second-order valence-electron chi connectivity index (χ2n) is 4.40. The molecule has 88 valence electrons. The third kappa shape index (κ3) is 3.46. The van der Waals surface area contributed by atoms with E-state index in [1.54, 1.807) is 6.92 Å². The number of carboxylic acid groups (broad SMARTS) is 1. The van der Waals surface area contributed by atoms with Crippen LogP contribution in [-0.4, -0.2) is 42.6 Å². The summed E-state index contributed by atoms with van der Waals surface area (Å²) < 4.78 is 24.6. The predicted molar refractivity (Wildman–Crippen MR) is 55.9 cm³/mol. The van der Waals surface area contributed by atoms with Crippen LogP contribution < -0.4 is 0 Å². The van der Waals surface area contributed by atoms with Gasteiger partial charge in [0, 0.05) is 19.5 Å². The number of rotatable bonds is 4. The normalized spacial score (nSPS) is 27.7. The highest BCUT2D eigenvalue weighted by atomic mass is 32.2. The lowest BCUT2D eigenvalue weighted by molar-refractivity contribution is -0.138. The molecule has 1 rings (SSSR count). The van der Waals surface area contributed by atoms with Gasteiger partial charge in [-0.1, -0.05) is 13.8 Å². The second-order valence-corrected chi connectivity index (χ2v) is 6.42. The lowest BCUT2D eigenvalue weighted by Crippen LogP contribution is -2.31. The van der Waals surface area contributed by atoms with Crippen molar-refractivity contribution in [2.75, 3.05) is 18.8 Å². The van der Waals surface area contributed by atoms with E-state index in [1.807, 2.05) is 6.92 Å².